The molecule has 25 heavy (non-hydrogen) atoms. The molecule has 0 spiro atoms. The Kier molecular flexibility index (Phi) is 6.17. The van der Waals surface area contributed by atoms with Gasteiger partial charge in [-0.15, -0.1) is 0 Å². The number of carboxylic acids is 1. The van der Waals surface area contributed by atoms with E-state index in [0.717, 1.165) is 0 Å². The molecule has 6 heteroatoms. The first kappa shape index (κ1) is 18.1. The van der Waals surface area contributed by atoms with E-state index in [9.17, 15) is 9.59 Å². The van der Waals surface area contributed by atoms with Crippen LogP contribution in [0.15, 0.2) is 54.7 Å². The first-order valence-electron chi connectivity index (χ1n) is 7.68. The number of carbonyl (C=O) groups is 2. The van der Waals surface area contributed by atoms with Crippen LogP contribution >= 0.6 is 0 Å². The van der Waals surface area contributed by atoms with Crippen LogP contribution in [0.2, 0.25) is 0 Å². The number of rotatable bonds is 4. The van der Waals surface area contributed by atoms with Gasteiger partial charge in [0.2, 0.25) is 0 Å². The van der Waals surface area contributed by atoms with Crippen LogP contribution in [0.1, 0.15) is 15.9 Å². The van der Waals surface area contributed by atoms with Crippen molar-refractivity contribution < 1.29 is 19.4 Å². The molecule has 0 bridgehead atoms. The van der Waals surface area contributed by atoms with Gasteiger partial charge < -0.3 is 20.1 Å². The fourth-order valence-corrected chi connectivity index (χ4v) is 2.24. The van der Waals surface area contributed by atoms with E-state index >= 15 is 0 Å². The molecule has 3 rings (SSSR count). The van der Waals surface area contributed by atoms with Crippen molar-refractivity contribution in [2.75, 3.05) is 13.7 Å². The quantitative estimate of drug-likeness (QED) is 0.681. The lowest BCUT2D eigenvalue weighted by Gasteiger charge is -2.04. The van der Waals surface area contributed by atoms with Crippen LogP contribution in [-0.4, -0.2) is 35.6 Å². The summed E-state index contributed by atoms with van der Waals surface area (Å²) in [6.45, 7) is 1.72. The highest BCUT2D eigenvalue weighted by molar-refractivity contribution is 5.96. The van der Waals surface area contributed by atoms with Gasteiger partial charge in [-0.2, -0.15) is 0 Å². The number of hydrogen-bond donors (Lipinski definition) is 3. The number of methoxy groups -OCH3 is 1. The van der Waals surface area contributed by atoms with Gasteiger partial charge in [-0.1, -0.05) is 24.3 Å². The Labute approximate surface area is 145 Å². The van der Waals surface area contributed by atoms with Crippen molar-refractivity contribution in [3.8, 4) is 5.75 Å². The summed E-state index contributed by atoms with van der Waals surface area (Å²) in [6.07, 6.45) is 2.03. The number of fused-ring (bicyclic) bond motifs is 1. The number of ether oxygens (including phenoxy) is 1. The molecular weight excluding hydrogens is 320 g/mol. The van der Waals surface area contributed by atoms with Crippen molar-refractivity contribution >= 4 is 22.8 Å². The molecular formula is C19H20N2O4. The molecule has 0 fully saturated rings. The van der Waals surface area contributed by atoms with Crippen LogP contribution < -0.4 is 10.1 Å². The Morgan fingerprint density at radius 2 is 1.92 bits per heavy atom. The first-order chi connectivity index (χ1) is 12.0. The Bertz CT molecular complexity index is 870. The molecule has 1 heterocycles. The van der Waals surface area contributed by atoms with Crippen LogP contribution in [0, 0.1) is 6.92 Å². The molecule has 0 aliphatic carbocycles. The summed E-state index contributed by atoms with van der Waals surface area (Å²) in [4.78, 5) is 24.8. The third-order valence-corrected chi connectivity index (χ3v) is 3.53. The second kappa shape index (κ2) is 8.54. The van der Waals surface area contributed by atoms with E-state index in [1.807, 2.05) is 12.3 Å². The molecule has 0 unspecified atom stereocenters. The maximum Gasteiger partial charge on any atom is 0.322 e. The first-order valence-corrected chi connectivity index (χ1v) is 7.68. The van der Waals surface area contributed by atoms with E-state index in [0.29, 0.717) is 11.3 Å². The highest BCUT2D eigenvalue weighted by Crippen LogP contribution is 2.15. The van der Waals surface area contributed by atoms with Gasteiger partial charge >= 0.3 is 5.97 Å². The van der Waals surface area contributed by atoms with Crippen LogP contribution in [0.3, 0.4) is 0 Å². The lowest BCUT2D eigenvalue weighted by molar-refractivity contribution is -0.135. The number of para-hydroxylation sites is 1. The smallest absolute Gasteiger partial charge is 0.322 e. The fourth-order valence-electron chi connectivity index (χ4n) is 2.24. The van der Waals surface area contributed by atoms with Gasteiger partial charge in [0.25, 0.3) is 5.91 Å². The molecule has 0 radical (unpaired) electrons. The lowest BCUT2D eigenvalue weighted by Crippen LogP contribution is -2.29. The summed E-state index contributed by atoms with van der Waals surface area (Å²) in [5.41, 5.74) is 2.91. The molecule has 3 N–H and O–H groups in total. The van der Waals surface area contributed by atoms with Gasteiger partial charge in [-0.05, 0) is 36.8 Å². The van der Waals surface area contributed by atoms with Crippen molar-refractivity contribution in [2.24, 2.45) is 0 Å². The Hall–Kier alpha value is -3.28. The van der Waals surface area contributed by atoms with Gasteiger partial charge in [0.05, 0.1) is 7.11 Å². The Morgan fingerprint density at radius 3 is 2.60 bits per heavy atom. The largest absolute Gasteiger partial charge is 0.497 e. The zero-order valence-corrected chi connectivity index (χ0v) is 14.1. The summed E-state index contributed by atoms with van der Waals surface area (Å²) in [6, 6.07) is 14.8. The minimum atomic E-state index is -1.08. The fraction of sp³-hybridized carbons (Fsp3) is 0.158. The summed E-state index contributed by atoms with van der Waals surface area (Å²) in [5.74, 6) is -0.958. The Balaban J connectivity index is 0.000000194. The maximum absolute atomic E-state index is 11.4. The molecule has 0 saturated carbocycles. The monoisotopic (exact) mass is 340 g/mol. The van der Waals surface area contributed by atoms with Crippen molar-refractivity contribution in [1.82, 2.24) is 10.3 Å². The van der Waals surface area contributed by atoms with Crippen LogP contribution in [0.4, 0.5) is 0 Å². The van der Waals surface area contributed by atoms with Crippen molar-refractivity contribution in [2.45, 2.75) is 6.92 Å². The number of aromatic amines is 1. The normalized spacial score (nSPS) is 9.84. The van der Waals surface area contributed by atoms with Crippen LogP contribution in [0.25, 0.3) is 10.9 Å². The van der Waals surface area contributed by atoms with Gasteiger partial charge in [0, 0.05) is 22.7 Å². The average molecular weight is 340 g/mol. The molecule has 6 nitrogen and oxygen atoms in total. The molecule has 1 amide bonds. The number of aryl methyl sites for hydroxylation is 1. The predicted octanol–water partition coefficient (Wildman–Crippen LogP) is 2.99. The van der Waals surface area contributed by atoms with Crippen molar-refractivity contribution in [1.29, 1.82) is 0 Å². The molecule has 1 aromatic heterocycles. The van der Waals surface area contributed by atoms with E-state index in [1.54, 1.807) is 18.2 Å². The maximum atomic E-state index is 11.4. The Morgan fingerprint density at radius 1 is 1.16 bits per heavy atom. The minimum absolute atomic E-state index is 0.371. The van der Waals surface area contributed by atoms with E-state index in [1.165, 1.54) is 29.6 Å². The summed E-state index contributed by atoms with van der Waals surface area (Å²) in [5, 5.41) is 11.9. The second-order valence-electron chi connectivity index (χ2n) is 5.33. The van der Waals surface area contributed by atoms with E-state index < -0.39 is 18.4 Å². The zero-order valence-electron chi connectivity index (χ0n) is 14.1. The number of aliphatic carboxylic acids is 1. The third-order valence-electron chi connectivity index (χ3n) is 3.53. The molecule has 0 saturated heterocycles. The zero-order chi connectivity index (χ0) is 18.2. The number of benzene rings is 2. The van der Waals surface area contributed by atoms with Crippen LogP contribution in [-0.2, 0) is 4.79 Å². The number of hydrogen-bond acceptors (Lipinski definition) is 3. The van der Waals surface area contributed by atoms with Crippen molar-refractivity contribution in [3.05, 3.63) is 65.9 Å². The molecule has 0 aliphatic rings. The highest BCUT2D eigenvalue weighted by Gasteiger charge is 2.07. The number of carboxylic acid groups (broad SMARTS) is 1. The third kappa shape index (κ3) is 5.10. The number of nitrogens with one attached hydrogen (secondary N) is 2. The SMILES string of the molecule is COc1cccc(C(=O)NCC(=O)O)c1.Cc1c[nH]c2ccccc12. The van der Waals surface area contributed by atoms with E-state index in [2.05, 4.69) is 35.4 Å². The standard InChI is InChI=1S/C10H11NO4.C9H9N/c1-15-8-4-2-3-7(5-8)10(14)11-6-9(12)13;1-7-6-10-9-5-3-2-4-8(7)9/h2-5H,6H2,1H3,(H,11,14)(H,12,13);2-6,10H,1H3. The van der Waals surface area contributed by atoms with Gasteiger partial charge in [0.1, 0.15) is 12.3 Å². The number of carbonyl (C=O) groups excluding carboxylic acids is 1. The molecule has 0 atom stereocenters. The second-order valence-corrected chi connectivity index (χ2v) is 5.33. The number of aromatic nitrogens is 1. The lowest BCUT2D eigenvalue weighted by atomic mass is 10.2. The van der Waals surface area contributed by atoms with E-state index in [-0.39, 0.29) is 0 Å². The predicted molar refractivity (Wildman–Crippen MR) is 96.0 cm³/mol. The van der Waals surface area contributed by atoms with Gasteiger partial charge in [-0.3, -0.25) is 9.59 Å². The molecule has 3 aromatic rings. The summed E-state index contributed by atoms with van der Waals surface area (Å²) < 4.78 is 4.93. The van der Waals surface area contributed by atoms with Gasteiger partial charge in [-0.25, -0.2) is 0 Å². The number of amides is 1. The molecule has 130 valence electrons. The summed E-state index contributed by atoms with van der Waals surface area (Å²) >= 11 is 0. The highest BCUT2D eigenvalue weighted by atomic mass is 16.5. The van der Waals surface area contributed by atoms with Gasteiger partial charge in [0.15, 0.2) is 0 Å². The van der Waals surface area contributed by atoms with Crippen molar-refractivity contribution in [3.63, 3.8) is 0 Å². The average Bonchev–Trinajstić information content (AvgIpc) is 3.02. The van der Waals surface area contributed by atoms with Crippen LogP contribution in [0.5, 0.6) is 5.75 Å². The molecule has 2 aromatic carbocycles. The number of H-pyrrole nitrogens is 1. The topological polar surface area (TPSA) is 91.4 Å². The minimum Gasteiger partial charge on any atom is -0.497 e. The van der Waals surface area contributed by atoms with E-state index in [4.69, 9.17) is 9.84 Å². The summed E-state index contributed by atoms with van der Waals surface area (Å²) in [7, 11) is 1.49. The molecule has 0 aliphatic heterocycles.